The van der Waals surface area contributed by atoms with Crippen molar-refractivity contribution in [2.75, 3.05) is 5.32 Å². The quantitative estimate of drug-likeness (QED) is 0.276. The maximum atomic E-state index is 14.6. The Morgan fingerprint density at radius 2 is 2.19 bits per heavy atom. The second-order valence-corrected chi connectivity index (χ2v) is 8.70. The molecule has 0 amide bonds. The van der Waals surface area contributed by atoms with E-state index >= 15 is 0 Å². The predicted octanol–water partition coefficient (Wildman–Crippen LogP) is 1.12. The van der Waals surface area contributed by atoms with Crippen molar-refractivity contribution in [1.82, 2.24) is 29.5 Å². The molecule has 0 aliphatic heterocycles. The number of aromatic nitrogens is 6. The minimum absolute atomic E-state index is 0.192. The Labute approximate surface area is 193 Å². The highest BCUT2D eigenvalue weighted by Gasteiger charge is 2.21. The monoisotopic (exact) mass is 548 g/mol. The number of imidazole rings is 1. The van der Waals surface area contributed by atoms with Gasteiger partial charge in [-0.3, -0.25) is 4.98 Å². The van der Waals surface area contributed by atoms with Crippen LogP contribution >= 0.6 is 22.6 Å². The van der Waals surface area contributed by atoms with Crippen LogP contribution in [0.3, 0.4) is 0 Å². The lowest BCUT2D eigenvalue weighted by Crippen LogP contribution is -2.25. The molecule has 1 fully saturated rings. The van der Waals surface area contributed by atoms with Gasteiger partial charge in [0.15, 0.2) is 5.65 Å². The van der Waals surface area contributed by atoms with Crippen molar-refractivity contribution in [2.24, 2.45) is 4.99 Å². The number of halogens is 2. The van der Waals surface area contributed by atoms with E-state index in [4.69, 9.17) is 0 Å². The molecule has 5 rings (SSSR count). The number of aromatic amines is 2. The van der Waals surface area contributed by atoms with Crippen molar-refractivity contribution in [3.8, 4) is 5.88 Å². The van der Waals surface area contributed by atoms with Gasteiger partial charge in [-0.15, -0.1) is 0 Å². The molecule has 1 aromatic carbocycles. The summed E-state index contributed by atoms with van der Waals surface area (Å²) in [6.45, 7) is 1.92. The van der Waals surface area contributed by atoms with Crippen molar-refractivity contribution in [3.63, 3.8) is 0 Å². The average Bonchev–Trinajstić information content (AvgIpc) is 3.39. The van der Waals surface area contributed by atoms with Gasteiger partial charge in [0, 0.05) is 20.9 Å². The SMILES string of the molecule is Cc1ccc(I)c(CNc2nc(=NC3CC3)n3ncc(=Cc4[nH]c(=O)[nH]c4O)c3n2)c1F. The predicted molar refractivity (Wildman–Crippen MR) is 122 cm³/mol. The van der Waals surface area contributed by atoms with Crippen LogP contribution in [0.4, 0.5) is 10.3 Å². The van der Waals surface area contributed by atoms with Crippen molar-refractivity contribution in [3.05, 3.63) is 65.9 Å². The molecular weight excluding hydrogens is 530 g/mol. The van der Waals surface area contributed by atoms with Crippen LogP contribution in [0.15, 0.2) is 28.1 Å². The Kier molecular flexibility index (Phi) is 5.15. The summed E-state index contributed by atoms with van der Waals surface area (Å²) >= 11 is 2.10. The third-order valence-corrected chi connectivity index (χ3v) is 6.07. The second-order valence-electron chi connectivity index (χ2n) is 7.54. The number of nitrogens with one attached hydrogen (secondary N) is 3. The molecule has 10 nitrogen and oxygen atoms in total. The lowest BCUT2D eigenvalue weighted by atomic mass is 10.1. The Balaban J connectivity index is 1.60. The highest BCUT2D eigenvalue weighted by atomic mass is 127. The molecule has 1 aliphatic rings. The Bertz CT molecular complexity index is 1520. The third-order valence-electron chi connectivity index (χ3n) is 5.06. The van der Waals surface area contributed by atoms with Crippen LogP contribution in [0.5, 0.6) is 5.88 Å². The van der Waals surface area contributed by atoms with E-state index in [0.717, 1.165) is 16.4 Å². The van der Waals surface area contributed by atoms with E-state index in [1.807, 2.05) is 6.07 Å². The molecule has 4 N–H and O–H groups in total. The van der Waals surface area contributed by atoms with Crippen LogP contribution in [-0.2, 0) is 6.54 Å². The second kappa shape index (κ2) is 8.00. The van der Waals surface area contributed by atoms with Crippen molar-refractivity contribution in [1.29, 1.82) is 0 Å². The fraction of sp³-hybridized carbons (Fsp3) is 0.250. The van der Waals surface area contributed by atoms with Gasteiger partial charge < -0.3 is 15.4 Å². The van der Waals surface area contributed by atoms with E-state index in [1.165, 1.54) is 4.52 Å². The summed E-state index contributed by atoms with van der Waals surface area (Å²) in [6.07, 6.45) is 5.07. The first-order valence-electron chi connectivity index (χ1n) is 9.89. The normalized spacial score (nSPS) is 15.1. The summed E-state index contributed by atoms with van der Waals surface area (Å²) in [5, 5.41) is 17.8. The Morgan fingerprint density at radius 3 is 2.91 bits per heavy atom. The molecule has 3 aromatic heterocycles. The van der Waals surface area contributed by atoms with Gasteiger partial charge in [0.05, 0.1) is 12.2 Å². The molecular formula is C20H18FIN8O2. The summed E-state index contributed by atoms with van der Waals surface area (Å²) < 4.78 is 16.9. The standard InChI is InChI=1S/C20H18FIN8O2/c1-9-2-5-13(22)12(15(9)21)8-23-18-27-16-10(6-14-17(31)28-20(32)26-14)7-24-30(16)19(29-18)25-11-3-4-11/h2,5-7,11,31H,3-4,8H2,1H3,(H,23,25,29)(H2,26,28,32). The molecule has 0 unspecified atom stereocenters. The smallest absolute Gasteiger partial charge is 0.326 e. The number of anilines is 1. The molecule has 164 valence electrons. The van der Waals surface area contributed by atoms with Crippen LogP contribution in [0, 0.1) is 16.3 Å². The maximum Gasteiger partial charge on any atom is 0.326 e. The number of rotatable bonds is 5. The van der Waals surface area contributed by atoms with Gasteiger partial charge >= 0.3 is 5.69 Å². The van der Waals surface area contributed by atoms with E-state index in [-0.39, 0.29) is 35.9 Å². The molecule has 0 atom stereocenters. The number of hydrogen-bond acceptors (Lipinski definition) is 7. The highest BCUT2D eigenvalue weighted by molar-refractivity contribution is 14.1. The maximum absolute atomic E-state index is 14.6. The van der Waals surface area contributed by atoms with Gasteiger partial charge in [0.2, 0.25) is 11.8 Å². The molecule has 4 aromatic rings. The van der Waals surface area contributed by atoms with Gasteiger partial charge in [-0.1, -0.05) is 6.07 Å². The average molecular weight is 548 g/mol. The number of aromatic hydroxyl groups is 1. The summed E-state index contributed by atoms with van der Waals surface area (Å²) in [4.78, 5) is 29.8. The molecule has 0 radical (unpaired) electrons. The first-order chi connectivity index (χ1) is 15.4. The fourth-order valence-electron chi connectivity index (χ4n) is 3.20. The van der Waals surface area contributed by atoms with Gasteiger partial charge in [-0.05, 0) is 60.1 Å². The minimum atomic E-state index is -0.526. The lowest BCUT2D eigenvalue weighted by Gasteiger charge is -2.10. The van der Waals surface area contributed by atoms with E-state index < -0.39 is 5.69 Å². The first kappa shape index (κ1) is 20.6. The van der Waals surface area contributed by atoms with Crippen molar-refractivity contribution >= 4 is 40.3 Å². The van der Waals surface area contributed by atoms with Gasteiger partial charge in [0.25, 0.3) is 5.62 Å². The molecule has 0 spiro atoms. The number of H-pyrrole nitrogens is 2. The zero-order chi connectivity index (χ0) is 22.4. The van der Waals surface area contributed by atoms with E-state index in [9.17, 15) is 14.3 Å². The largest absolute Gasteiger partial charge is 0.493 e. The molecule has 1 aliphatic carbocycles. The lowest BCUT2D eigenvalue weighted by molar-refractivity contribution is 0.454. The number of benzene rings is 1. The summed E-state index contributed by atoms with van der Waals surface area (Å²) in [7, 11) is 0. The summed E-state index contributed by atoms with van der Waals surface area (Å²) in [5.41, 5.74) is 1.59. The van der Waals surface area contributed by atoms with E-state index in [2.05, 4.69) is 57.9 Å². The Morgan fingerprint density at radius 1 is 1.38 bits per heavy atom. The summed E-state index contributed by atoms with van der Waals surface area (Å²) in [5.74, 6) is -0.275. The fourth-order valence-corrected chi connectivity index (χ4v) is 3.81. The highest BCUT2D eigenvalue weighted by Crippen LogP contribution is 2.22. The zero-order valence-corrected chi connectivity index (χ0v) is 19.0. The van der Waals surface area contributed by atoms with Crippen molar-refractivity contribution < 1.29 is 9.50 Å². The topological polar surface area (TPSA) is 136 Å². The van der Waals surface area contributed by atoms with Gasteiger partial charge in [-0.2, -0.15) is 19.6 Å². The van der Waals surface area contributed by atoms with E-state index in [1.54, 1.807) is 25.3 Å². The molecule has 12 heteroatoms. The van der Waals surface area contributed by atoms with Crippen LogP contribution < -0.4 is 21.8 Å². The van der Waals surface area contributed by atoms with Crippen LogP contribution in [0.1, 0.15) is 29.7 Å². The van der Waals surface area contributed by atoms with Crippen LogP contribution in [-0.4, -0.2) is 40.7 Å². The number of nitrogens with zero attached hydrogens (tertiary/aromatic N) is 5. The minimum Gasteiger partial charge on any atom is -0.493 e. The molecule has 1 saturated carbocycles. The van der Waals surface area contributed by atoms with Gasteiger partial charge in [0.1, 0.15) is 11.5 Å². The molecule has 0 bridgehead atoms. The van der Waals surface area contributed by atoms with E-state index in [0.29, 0.717) is 27.6 Å². The first-order valence-corrected chi connectivity index (χ1v) is 11.0. The molecule has 32 heavy (non-hydrogen) atoms. The van der Waals surface area contributed by atoms with Crippen molar-refractivity contribution in [2.45, 2.75) is 32.4 Å². The zero-order valence-electron chi connectivity index (χ0n) is 16.9. The number of fused-ring (bicyclic) bond motifs is 1. The number of hydrogen-bond donors (Lipinski definition) is 4. The summed E-state index contributed by atoms with van der Waals surface area (Å²) in [6, 6.07) is 3.80. The van der Waals surface area contributed by atoms with Crippen LogP contribution in [0.25, 0.3) is 11.7 Å². The Hall–Kier alpha value is -3.29. The number of aryl methyl sites for hydroxylation is 1. The molecule has 0 saturated heterocycles. The molecule has 3 heterocycles. The van der Waals surface area contributed by atoms with Gasteiger partial charge in [-0.25, -0.2) is 14.2 Å². The van der Waals surface area contributed by atoms with Crippen LogP contribution in [0.2, 0.25) is 0 Å². The third kappa shape index (κ3) is 3.97.